The fourth-order valence-corrected chi connectivity index (χ4v) is 1.08. The van der Waals surface area contributed by atoms with Crippen molar-refractivity contribution in [3.8, 4) is 0 Å². The molecule has 3 N–H and O–H groups in total. The quantitative estimate of drug-likeness (QED) is 0.651. The highest BCUT2D eigenvalue weighted by Crippen LogP contribution is 1.96. The number of rotatable bonds is 5. The van der Waals surface area contributed by atoms with Crippen LogP contribution in [0.4, 0.5) is 0 Å². The number of hydrogen-bond donors (Lipinski definition) is 2. The van der Waals surface area contributed by atoms with Crippen LogP contribution in [0.15, 0.2) is 24.5 Å². The standard InChI is InChI=1S/C10H15N3O/c11-4-1-5-13-10(14)8-9-2-6-12-7-3-9/h2-3,6-7H,1,4-5,8,11H2,(H,13,14). The van der Waals surface area contributed by atoms with Gasteiger partial charge in [0.25, 0.3) is 0 Å². The van der Waals surface area contributed by atoms with Crippen LogP contribution < -0.4 is 11.1 Å². The Hall–Kier alpha value is -1.42. The van der Waals surface area contributed by atoms with Gasteiger partial charge in [0.2, 0.25) is 5.91 Å². The highest BCUT2D eigenvalue weighted by molar-refractivity contribution is 5.78. The van der Waals surface area contributed by atoms with E-state index in [0.717, 1.165) is 12.0 Å². The zero-order valence-corrected chi connectivity index (χ0v) is 8.07. The topological polar surface area (TPSA) is 68.0 Å². The van der Waals surface area contributed by atoms with Gasteiger partial charge in [-0.25, -0.2) is 0 Å². The molecule has 0 aliphatic carbocycles. The first-order valence-corrected chi connectivity index (χ1v) is 4.68. The summed E-state index contributed by atoms with van der Waals surface area (Å²) in [6, 6.07) is 3.67. The van der Waals surface area contributed by atoms with Crippen LogP contribution in [0.1, 0.15) is 12.0 Å². The molecule has 0 fully saturated rings. The maximum atomic E-state index is 11.3. The van der Waals surface area contributed by atoms with Crippen LogP contribution in [0.2, 0.25) is 0 Å². The second-order valence-corrected chi connectivity index (χ2v) is 3.02. The number of carbonyl (C=O) groups excluding carboxylic acids is 1. The number of nitrogens with zero attached hydrogens (tertiary/aromatic N) is 1. The third-order valence-electron chi connectivity index (χ3n) is 1.82. The SMILES string of the molecule is NCCCNC(=O)Cc1ccncc1. The molecule has 0 aliphatic heterocycles. The molecule has 1 amide bonds. The Morgan fingerprint density at radius 3 is 2.79 bits per heavy atom. The van der Waals surface area contributed by atoms with Crippen molar-refractivity contribution in [1.29, 1.82) is 0 Å². The fourth-order valence-electron chi connectivity index (χ4n) is 1.08. The monoisotopic (exact) mass is 193 g/mol. The van der Waals surface area contributed by atoms with Crippen molar-refractivity contribution in [3.05, 3.63) is 30.1 Å². The number of nitrogens with two attached hydrogens (primary N) is 1. The van der Waals surface area contributed by atoms with E-state index in [1.807, 2.05) is 12.1 Å². The zero-order valence-electron chi connectivity index (χ0n) is 8.07. The number of hydrogen-bond acceptors (Lipinski definition) is 3. The molecule has 0 aliphatic rings. The maximum Gasteiger partial charge on any atom is 0.224 e. The molecule has 0 radical (unpaired) electrons. The minimum atomic E-state index is 0.0321. The molecule has 14 heavy (non-hydrogen) atoms. The average Bonchev–Trinajstić information content (AvgIpc) is 2.20. The maximum absolute atomic E-state index is 11.3. The third kappa shape index (κ3) is 4.00. The molecule has 1 aromatic rings. The third-order valence-corrected chi connectivity index (χ3v) is 1.82. The molecular formula is C10H15N3O. The lowest BCUT2D eigenvalue weighted by atomic mass is 10.2. The molecule has 4 nitrogen and oxygen atoms in total. The van der Waals surface area contributed by atoms with Crippen molar-refractivity contribution in [2.45, 2.75) is 12.8 Å². The summed E-state index contributed by atoms with van der Waals surface area (Å²) in [4.78, 5) is 15.2. The van der Waals surface area contributed by atoms with E-state index in [0.29, 0.717) is 19.5 Å². The van der Waals surface area contributed by atoms with Crippen molar-refractivity contribution in [2.24, 2.45) is 5.73 Å². The van der Waals surface area contributed by atoms with Crippen molar-refractivity contribution >= 4 is 5.91 Å². The number of amides is 1. The Kier molecular flexibility index (Phi) is 4.64. The van der Waals surface area contributed by atoms with Crippen molar-refractivity contribution < 1.29 is 4.79 Å². The lowest BCUT2D eigenvalue weighted by Gasteiger charge is -2.03. The predicted molar refractivity (Wildman–Crippen MR) is 54.6 cm³/mol. The summed E-state index contributed by atoms with van der Waals surface area (Å²) in [5.74, 6) is 0.0321. The van der Waals surface area contributed by atoms with Crippen LogP contribution >= 0.6 is 0 Å². The highest BCUT2D eigenvalue weighted by atomic mass is 16.1. The molecule has 0 aromatic carbocycles. The van der Waals surface area contributed by atoms with E-state index in [2.05, 4.69) is 10.3 Å². The smallest absolute Gasteiger partial charge is 0.224 e. The molecule has 1 aromatic heterocycles. The van der Waals surface area contributed by atoms with Gasteiger partial charge in [-0.05, 0) is 30.7 Å². The van der Waals surface area contributed by atoms with Gasteiger partial charge in [-0.15, -0.1) is 0 Å². The normalized spacial score (nSPS) is 9.79. The molecule has 1 heterocycles. The van der Waals surface area contributed by atoms with Gasteiger partial charge in [-0.2, -0.15) is 0 Å². The molecule has 76 valence electrons. The minimum Gasteiger partial charge on any atom is -0.356 e. The van der Waals surface area contributed by atoms with Gasteiger partial charge in [0.15, 0.2) is 0 Å². The Labute approximate surface area is 83.5 Å². The molecule has 1 rings (SSSR count). The number of aromatic nitrogens is 1. The van der Waals surface area contributed by atoms with Gasteiger partial charge in [0, 0.05) is 18.9 Å². The van der Waals surface area contributed by atoms with Gasteiger partial charge in [-0.3, -0.25) is 9.78 Å². The van der Waals surface area contributed by atoms with Crippen LogP contribution in [0.25, 0.3) is 0 Å². The van der Waals surface area contributed by atoms with Gasteiger partial charge in [-0.1, -0.05) is 0 Å². The fraction of sp³-hybridized carbons (Fsp3) is 0.400. The van der Waals surface area contributed by atoms with Gasteiger partial charge >= 0.3 is 0 Å². The first kappa shape index (κ1) is 10.7. The Balaban J connectivity index is 2.27. The van der Waals surface area contributed by atoms with Gasteiger partial charge in [0.1, 0.15) is 0 Å². The van der Waals surface area contributed by atoms with E-state index in [-0.39, 0.29) is 5.91 Å². The summed E-state index contributed by atoms with van der Waals surface area (Å²) in [5.41, 5.74) is 6.28. The second-order valence-electron chi connectivity index (χ2n) is 3.02. The highest BCUT2D eigenvalue weighted by Gasteiger charge is 2.01. The first-order valence-electron chi connectivity index (χ1n) is 4.68. The van der Waals surface area contributed by atoms with Gasteiger partial charge < -0.3 is 11.1 Å². The van der Waals surface area contributed by atoms with Gasteiger partial charge in [0.05, 0.1) is 6.42 Å². The molecule has 0 atom stereocenters. The lowest BCUT2D eigenvalue weighted by Crippen LogP contribution is -2.27. The molecule has 0 saturated carbocycles. The van der Waals surface area contributed by atoms with Crippen molar-refractivity contribution in [1.82, 2.24) is 10.3 Å². The number of pyridine rings is 1. The largest absolute Gasteiger partial charge is 0.356 e. The van der Waals surface area contributed by atoms with E-state index in [1.54, 1.807) is 12.4 Å². The van der Waals surface area contributed by atoms with Crippen LogP contribution in [-0.2, 0) is 11.2 Å². The molecular weight excluding hydrogens is 178 g/mol. The van der Waals surface area contributed by atoms with Crippen LogP contribution in [0.3, 0.4) is 0 Å². The van der Waals surface area contributed by atoms with E-state index >= 15 is 0 Å². The van der Waals surface area contributed by atoms with Crippen LogP contribution in [0.5, 0.6) is 0 Å². The minimum absolute atomic E-state index is 0.0321. The summed E-state index contributed by atoms with van der Waals surface area (Å²) in [6.07, 6.45) is 4.60. The summed E-state index contributed by atoms with van der Waals surface area (Å²) < 4.78 is 0. The predicted octanol–water partition coefficient (Wildman–Crippen LogP) is 0.0891. The Morgan fingerprint density at radius 2 is 2.14 bits per heavy atom. The summed E-state index contributed by atoms with van der Waals surface area (Å²) in [6.45, 7) is 1.26. The molecule has 0 spiro atoms. The van der Waals surface area contributed by atoms with E-state index in [1.165, 1.54) is 0 Å². The summed E-state index contributed by atoms with van der Waals surface area (Å²) >= 11 is 0. The zero-order chi connectivity index (χ0) is 10.2. The second kappa shape index (κ2) is 6.10. The molecule has 0 unspecified atom stereocenters. The molecule has 0 bridgehead atoms. The Morgan fingerprint density at radius 1 is 1.43 bits per heavy atom. The van der Waals surface area contributed by atoms with Crippen molar-refractivity contribution in [2.75, 3.05) is 13.1 Å². The van der Waals surface area contributed by atoms with Crippen LogP contribution in [0, 0.1) is 0 Å². The van der Waals surface area contributed by atoms with E-state index in [9.17, 15) is 4.79 Å². The molecule has 0 saturated heterocycles. The first-order chi connectivity index (χ1) is 6.83. The Bertz CT molecular complexity index is 274. The van der Waals surface area contributed by atoms with E-state index < -0.39 is 0 Å². The lowest BCUT2D eigenvalue weighted by molar-refractivity contribution is -0.120. The molecule has 4 heteroatoms. The number of nitrogens with one attached hydrogen (secondary N) is 1. The van der Waals surface area contributed by atoms with Crippen LogP contribution in [-0.4, -0.2) is 24.0 Å². The van der Waals surface area contributed by atoms with Crippen molar-refractivity contribution in [3.63, 3.8) is 0 Å². The average molecular weight is 193 g/mol. The summed E-state index contributed by atoms with van der Waals surface area (Å²) in [7, 11) is 0. The summed E-state index contributed by atoms with van der Waals surface area (Å²) in [5, 5.41) is 2.79. The van der Waals surface area contributed by atoms with E-state index in [4.69, 9.17) is 5.73 Å². The number of carbonyl (C=O) groups is 1.